The predicted octanol–water partition coefficient (Wildman–Crippen LogP) is 15.4. The summed E-state index contributed by atoms with van der Waals surface area (Å²) in [6.07, 6.45) is 0. The summed E-state index contributed by atoms with van der Waals surface area (Å²) in [7, 11) is 0. The molecule has 0 amide bonds. The van der Waals surface area contributed by atoms with Crippen molar-refractivity contribution in [2.24, 2.45) is 0 Å². The van der Waals surface area contributed by atoms with Gasteiger partial charge in [0.2, 0.25) is 0 Å². The van der Waals surface area contributed by atoms with Gasteiger partial charge in [0, 0.05) is 53.6 Å². The zero-order valence-electron chi connectivity index (χ0n) is 29.7. The van der Waals surface area contributed by atoms with Gasteiger partial charge in [0.05, 0.1) is 10.2 Å². The second-order valence-corrected chi connectivity index (χ2v) is 16.0. The Morgan fingerprint density at radius 3 is 1.73 bits per heavy atom. The smallest absolute Gasteiger partial charge is 0.124 e. The number of fused-ring (bicyclic) bond motifs is 9. The van der Waals surface area contributed by atoms with E-state index in [-0.39, 0.29) is 0 Å². The molecule has 0 fully saturated rings. The summed E-state index contributed by atoms with van der Waals surface area (Å²) in [5.41, 5.74) is 10.3. The minimum absolute atomic E-state index is 1.03. The van der Waals surface area contributed by atoms with E-state index in [0.29, 0.717) is 0 Å². The van der Waals surface area contributed by atoms with Crippen LogP contribution in [0.4, 0.5) is 17.1 Å². The maximum absolute atomic E-state index is 5.29. The standard InChI is InChI=1S/C51H32N2S2/c1-2-13-33(14-3-1)39-17-4-5-18-40(39)35-15-12-16-37(31-35)53(38-29-30-48-46(32-38)43-21-10-11-24-47(43)54-48)36-27-25-34(26-28-36)51-52-49-44-22-8-6-19-41(44)42-20-7-9-23-45(42)50(49)55-51/h1-32H. The van der Waals surface area contributed by atoms with Crippen LogP contribution in [-0.4, -0.2) is 4.98 Å². The van der Waals surface area contributed by atoms with Crippen LogP contribution in [0.1, 0.15) is 0 Å². The summed E-state index contributed by atoms with van der Waals surface area (Å²) in [6, 6.07) is 70.3. The van der Waals surface area contributed by atoms with E-state index < -0.39 is 0 Å². The van der Waals surface area contributed by atoms with Gasteiger partial charge in [-0.2, -0.15) is 0 Å². The third-order valence-corrected chi connectivity index (χ3v) is 13.0. The maximum atomic E-state index is 5.29. The van der Waals surface area contributed by atoms with Crippen LogP contribution in [0, 0.1) is 0 Å². The Morgan fingerprint density at radius 2 is 0.927 bits per heavy atom. The van der Waals surface area contributed by atoms with Crippen molar-refractivity contribution < 1.29 is 0 Å². The SMILES string of the molecule is c1ccc(-c2ccccc2-c2cccc(N(c3ccc(-c4nc5c6ccccc6c6ccccc6c5s4)cc3)c3ccc4sc5ccccc5c4c3)c2)cc1. The number of thiazole rings is 1. The first-order valence-corrected chi connectivity index (χ1v) is 20.2. The Bertz CT molecular complexity index is 3140. The van der Waals surface area contributed by atoms with Crippen LogP contribution in [-0.2, 0) is 0 Å². The first kappa shape index (κ1) is 31.9. The molecule has 0 aliphatic rings. The molecule has 4 heteroatoms. The lowest BCUT2D eigenvalue weighted by molar-refractivity contribution is 1.29. The molecule has 0 aliphatic heterocycles. The van der Waals surface area contributed by atoms with Gasteiger partial charge >= 0.3 is 0 Å². The Morgan fingerprint density at radius 1 is 0.345 bits per heavy atom. The molecule has 0 saturated heterocycles. The van der Waals surface area contributed by atoms with Crippen LogP contribution in [0.5, 0.6) is 0 Å². The fourth-order valence-corrected chi connectivity index (χ4v) is 10.3. The lowest BCUT2D eigenvalue weighted by Gasteiger charge is -2.26. The Balaban J connectivity index is 1.06. The fourth-order valence-electron chi connectivity index (χ4n) is 8.12. The molecular weight excluding hydrogens is 705 g/mol. The summed E-state index contributed by atoms with van der Waals surface area (Å²) in [4.78, 5) is 7.69. The number of benzene rings is 9. The van der Waals surface area contributed by atoms with Crippen molar-refractivity contribution in [3.63, 3.8) is 0 Å². The highest BCUT2D eigenvalue weighted by molar-refractivity contribution is 7.25. The molecule has 0 bridgehead atoms. The number of rotatable bonds is 6. The summed E-state index contributed by atoms with van der Waals surface area (Å²) in [6.45, 7) is 0. The van der Waals surface area contributed by atoms with Gasteiger partial charge in [-0.1, -0.05) is 133 Å². The van der Waals surface area contributed by atoms with Crippen molar-refractivity contribution in [2.45, 2.75) is 0 Å². The quantitative estimate of drug-likeness (QED) is 0.158. The number of thiophene rings is 1. The summed E-state index contributed by atoms with van der Waals surface area (Å²) >= 11 is 3.63. The highest BCUT2D eigenvalue weighted by Crippen LogP contribution is 2.44. The lowest BCUT2D eigenvalue weighted by Crippen LogP contribution is -2.10. The molecule has 0 N–H and O–H groups in total. The fraction of sp³-hybridized carbons (Fsp3) is 0. The Hall–Kier alpha value is -6.59. The van der Waals surface area contributed by atoms with Crippen LogP contribution in [0.3, 0.4) is 0 Å². The van der Waals surface area contributed by atoms with Gasteiger partial charge in [0.1, 0.15) is 5.01 Å². The molecule has 0 saturated carbocycles. The van der Waals surface area contributed by atoms with Crippen LogP contribution >= 0.6 is 22.7 Å². The monoisotopic (exact) mass is 736 g/mol. The number of aromatic nitrogens is 1. The van der Waals surface area contributed by atoms with E-state index in [0.717, 1.165) is 33.1 Å². The van der Waals surface area contributed by atoms with Crippen LogP contribution in [0.25, 0.3) is 84.8 Å². The Kier molecular flexibility index (Phi) is 7.58. The molecule has 0 aliphatic carbocycles. The van der Waals surface area contributed by atoms with Crippen molar-refractivity contribution in [3.8, 4) is 32.8 Å². The van der Waals surface area contributed by atoms with Crippen molar-refractivity contribution in [1.29, 1.82) is 0 Å². The molecule has 2 heterocycles. The number of anilines is 3. The average molecular weight is 737 g/mol. The molecular formula is C51H32N2S2. The molecule has 11 rings (SSSR count). The molecule has 9 aromatic carbocycles. The zero-order valence-corrected chi connectivity index (χ0v) is 31.3. The summed E-state index contributed by atoms with van der Waals surface area (Å²) in [5.74, 6) is 0. The molecule has 11 aromatic rings. The number of hydrogen-bond acceptors (Lipinski definition) is 4. The molecule has 0 atom stereocenters. The second kappa shape index (κ2) is 13.1. The van der Waals surface area contributed by atoms with Gasteiger partial charge in [0.25, 0.3) is 0 Å². The lowest BCUT2D eigenvalue weighted by atomic mass is 9.94. The summed E-state index contributed by atoms with van der Waals surface area (Å²) in [5, 5.41) is 8.58. The van der Waals surface area contributed by atoms with Crippen molar-refractivity contribution in [2.75, 3.05) is 4.90 Å². The minimum Gasteiger partial charge on any atom is -0.310 e. The van der Waals surface area contributed by atoms with Crippen molar-refractivity contribution in [3.05, 3.63) is 194 Å². The Labute approximate surface area is 326 Å². The van der Waals surface area contributed by atoms with Gasteiger partial charge in [0.15, 0.2) is 0 Å². The average Bonchev–Trinajstić information content (AvgIpc) is 3.88. The van der Waals surface area contributed by atoms with Crippen LogP contribution in [0.2, 0.25) is 0 Å². The number of hydrogen-bond donors (Lipinski definition) is 0. The first-order chi connectivity index (χ1) is 27.3. The molecule has 0 radical (unpaired) electrons. The van der Waals surface area contributed by atoms with E-state index in [1.54, 1.807) is 11.3 Å². The van der Waals surface area contributed by atoms with Gasteiger partial charge < -0.3 is 4.90 Å². The normalized spacial score (nSPS) is 11.6. The van der Waals surface area contributed by atoms with E-state index >= 15 is 0 Å². The van der Waals surface area contributed by atoms with Crippen molar-refractivity contribution in [1.82, 2.24) is 4.98 Å². The molecule has 0 spiro atoms. The van der Waals surface area contributed by atoms with Crippen LogP contribution < -0.4 is 4.90 Å². The summed E-state index contributed by atoms with van der Waals surface area (Å²) < 4.78 is 3.84. The number of nitrogens with zero attached hydrogens (tertiary/aromatic N) is 2. The zero-order chi connectivity index (χ0) is 36.3. The first-order valence-electron chi connectivity index (χ1n) is 18.5. The van der Waals surface area contributed by atoms with Crippen molar-refractivity contribution >= 4 is 91.7 Å². The van der Waals surface area contributed by atoms with Crippen LogP contribution in [0.15, 0.2) is 194 Å². The van der Waals surface area contributed by atoms with Gasteiger partial charge in [-0.05, 0) is 93.7 Å². The van der Waals surface area contributed by atoms with E-state index in [4.69, 9.17) is 4.98 Å². The van der Waals surface area contributed by atoms with Gasteiger partial charge in [-0.25, -0.2) is 4.98 Å². The highest BCUT2D eigenvalue weighted by atomic mass is 32.1. The predicted molar refractivity (Wildman–Crippen MR) is 239 cm³/mol. The van der Waals surface area contributed by atoms with E-state index in [1.807, 2.05) is 11.3 Å². The second-order valence-electron chi connectivity index (χ2n) is 13.9. The van der Waals surface area contributed by atoms with E-state index in [1.165, 1.54) is 68.7 Å². The molecule has 258 valence electrons. The highest BCUT2D eigenvalue weighted by Gasteiger charge is 2.19. The largest absolute Gasteiger partial charge is 0.310 e. The topological polar surface area (TPSA) is 16.1 Å². The minimum atomic E-state index is 1.03. The molecule has 0 unspecified atom stereocenters. The third kappa shape index (κ3) is 5.41. The van der Waals surface area contributed by atoms with Gasteiger partial charge in [-0.15, -0.1) is 22.7 Å². The maximum Gasteiger partial charge on any atom is 0.124 e. The molecule has 2 aromatic heterocycles. The van der Waals surface area contributed by atoms with Gasteiger partial charge in [-0.3, -0.25) is 0 Å². The molecule has 2 nitrogen and oxygen atoms in total. The van der Waals surface area contributed by atoms with E-state index in [2.05, 4.69) is 199 Å². The molecule has 55 heavy (non-hydrogen) atoms. The third-order valence-electron chi connectivity index (χ3n) is 10.7. The van der Waals surface area contributed by atoms with E-state index in [9.17, 15) is 0 Å².